The highest BCUT2D eigenvalue weighted by molar-refractivity contribution is 7.14. The first-order chi connectivity index (χ1) is 10.2. The Morgan fingerprint density at radius 1 is 1.38 bits per heavy atom. The van der Waals surface area contributed by atoms with Crippen LogP contribution in [-0.2, 0) is 12.8 Å². The van der Waals surface area contributed by atoms with Gasteiger partial charge in [0.15, 0.2) is 0 Å². The van der Waals surface area contributed by atoms with Crippen molar-refractivity contribution in [3.8, 4) is 0 Å². The Morgan fingerprint density at radius 2 is 2.14 bits per heavy atom. The Kier molecular flexibility index (Phi) is 6.24. The molecule has 1 aliphatic carbocycles. The van der Waals surface area contributed by atoms with Gasteiger partial charge in [-0.3, -0.25) is 4.79 Å². The second-order valence-electron chi connectivity index (χ2n) is 6.01. The zero-order chi connectivity index (χ0) is 15.2. The molecule has 3 nitrogen and oxygen atoms in total. The van der Waals surface area contributed by atoms with E-state index in [2.05, 4.69) is 25.2 Å². The van der Waals surface area contributed by atoms with Crippen molar-refractivity contribution in [3.05, 3.63) is 21.4 Å². The van der Waals surface area contributed by atoms with Crippen molar-refractivity contribution >= 4 is 17.2 Å². The summed E-state index contributed by atoms with van der Waals surface area (Å²) in [6, 6.07) is 2.06. The summed E-state index contributed by atoms with van der Waals surface area (Å²) in [4.78, 5) is 14.5. The van der Waals surface area contributed by atoms with Crippen LogP contribution < -0.4 is 5.32 Å². The number of hydrogen-bond donors (Lipinski definition) is 2. The average Bonchev–Trinajstić information content (AvgIpc) is 3.11. The molecule has 1 fully saturated rings. The van der Waals surface area contributed by atoms with Gasteiger partial charge in [0.2, 0.25) is 0 Å². The van der Waals surface area contributed by atoms with Gasteiger partial charge >= 0.3 is 0 Å². The maximum absolute atomic E-state index is 12.3. The second-order valence-corrected chi connectivity index (χ2v) is 7.14. The smallest absolute Gasteiger partial charge is 0.261 e. The molecule has 2 atom stereocenters. The third-order valence-corrected chi connectivity index (χ3v) is 5.79. The van der Waals surface area contributed by atoms with Gasteiger partial charge in [-0.15, -0.1) is 11.3 Å². The molecule has 0 saturated heterocycles. The molecule has 0 radical (unpaired) electrons. The molecule has 0 aromatic carbocycles. The second kappa shape index (κ2) is 7.95. The lowest BCUT2D eigenvalue weighted by Gasteiger charge is -2.17. The monoisotopic (exact) mass is 309 g/mol. The average molecular weight is 309 g/mol. The van der Waals surface area contributed by atoms with Gasteiger partial charge < -0.3 is 10.4 Å². The van der Waals surface area contributed by atoms with E-state index < -0.39 is 0 Å². The van der Waals surface area contributed by atoms with Crippen LogP contribution in [0.25, 0.3) is 0 Å². The van der Waals surface area contributed by atoms with Crippen LogP contribution in [0.1, 0.15) is 59.6 Å². The fraction of sp³-hybridized carbons (Fsp3) is 0.706. The number of aliphatic hydroxyl groups is 1. The minimum atomic E-state index is 0.0562. The first kappa shape index (κ1) is 16.5. The van der Waals surface area contributed by atoms with Gasteiger partial charge in [-0.05, 0) is 49.1 Å². The van der Waals surface area contributed by atoms with Crippen LogP contribution in [0.15, 0.2) is 6.07 Å². The maximum Gasteiger partial charge on any atom is 0.261 e. The summed E-state index contributed by atoms with van der Waals surface area (Å²) in [6.45, 7) is 5.27. The third kappa shape index (κ3) is 4.07. The molecule has 2 N–H and O–H groups in total. The molecule has 0 bridgehead atoms. The molecule has 118 valence electrons. The Balaban J connectivity index is 1.94. The van der Waals surface area contributed by atoms with Crippen LogP contribution in [0.5, 0.6) is 0 Å². The molecule has 0 aliphatic heterocycles. The van der Waals surface area contributed by atoms with Crippen LogP contribution in [0.4, 0.5) is 0 Å². The molecule has 2 rings (SSSR count). The Morgan fingerprint density at radius 3 is 2.81 bits per heavy atom. The van der Waals surface area contributed by atoms with E-state index in [1.807, 2.05) is 0 Å². The van der Waals surface area contributed by atoms with E-state index >= 15 is 0 Å². The lowest BCUT2D eigenvalue weighted by atomic mass is 9.97. The molecule has 4 heteroatoms. The molecular weight excluding hydrogens is 282 g/mol. The van der Waals surface area contributed by atoms with E-state index in [9.17, 15) is 9.90 Å². The van der Waals surface area contributed by atoms with Crippen molar-refractivity contribution in [3.63, 3.8) is 0 Å². The highest BCUT2D eigenvalue weighted by Crippen LogP contribution is 2.31. The van der Waals surface area contributed by atoms with Crippen molar-refractivity contribution < 1.29 is 9.90 Å². The minimum absolute atomic E-state index is 0.0562. The quantitative estimate of drug-likeness (QED) is 0.811. The Labute approximate surface area is 131 Å². The Bertz CT molecular complexity index is 469. The van der Waals surface area contributed by atoms with Crippen LogP contribution >= 0.6 is 11.3 Å². The van der Waals surface area contributed by atoms with Crippen molar-refractivity contribution in [1.82, 2.24) is 5.32 Å². The highest BCUT2D eigenvalue weighted by atomic mass is 32.1. The van der Waals surface area contributed by atoms with Crippen molar-refractivity contribution in [1.29, 1.82) is 0 Å². The fourth-order valence-electron chi connectivity index (χ4n) is 3.25. The van der Waals surface area contributed by atoms with Crippen LogP contribution in [-0.4, -0.2) is 24.2 Å². The number of nitrogens with one attached hydrogen (secondary N) is 1. The van der Waals surface area contributed by atoms with Crippen LogP contribution in [0, 0.1) is 11.8 Å². The molecule has 1 aromatic rings. The zero-order valence-electron chi connectivity index (χ0n) is 13.2. The number of amides is 1. The SMILES string of the molecule is CCCc1sc(C(=O)NCC2CCCC2CO)cc1CC. The third-order valence-electron chi connectivity index (χ3n) is 4.55. The summed E-state index contributed by atoms with van der Waals surface area (Å²) in [6.07, 6.45) is 6.57. The number of carbonyl (C=O) groups excluding carboxylic acids is 1. The number of aryl methyl sites for hydroxylation is 2. The van der Waals surface area contributed by atoms with Crippen molar-refractivity contribution in [2.75, 3.05) is 13.2 Å². The van der Waals surface area contributed by atoms with Gasteiger partial charge in [0.1, 0.15) is 0 Å². The van der Waals surface area contributed by atoms with Gasteiger partial charge in [-0.2, -0.15) is 0 Å². The summed E-state index contributed by atoms with van der Waals surface area (Å²) in [5.74, 6) is 0.871. The molecule has 1 aromatic heterocycles. The standard InChI is InChI=1S/C17H27NO2S/c1-3-6-15-12(4-2)9-16(21-15)17(20)18-10-13-7-5-8-14(13)11-19/h9,13-14,19H,3-8,10-11H2,1-2H3,(H,18,20). The predicted octanol–water partition coefficient (Wildman–Crippen LogP) is 3.40. The zero-order valence-corrected chi connectivity index (χ0v) is 14.0. The molecular formula is C17H27NO2S. The molecule has 1 saturated carbocycles. The molecule has 1 amide bonds. The molecule has 1 aliphatic rings. The maximum atomic E-state index is 12.3. The highest BCUT2D eigenvalue weighted by Gasteiger charge is 2.27. The van der Waals surface area contributed by atoms with Crippen molar-refractivity contribution in [2.24, 2.45) is 11.8 Å². The normalized spacial score (nSPS) is 21.7. The summed E-state index contributed by atoms with van der Waals surface area (Å²) in [5.41, 5.74) is 1.32. The topological polar surface area (TPSA) is 49.3 Å². The summed E-state index contributed by atoms with van der Waals surface area (Å²) >= 11 is 1.64. The van der Waals surface area contributed by atoms with E-state index in [1.165, 1.54) is 16.9 Å². The molecule has 21 heavy (non-hydrogen) atoms. The van der Waals surface area contributed by atoms with Gasteiger partial charge in [0, 0.05) is 18.0 Å². The van der Waals surface area contributed by atoms with Gasteiger partial charge in [-0.1, -0.05) is 26.7 Å². The summed E-state index contributed by atoms with van der Waals surface area (Å²) < 4.78 is 0. The molecule has 0 spiro atoms. The number of thiophene rings is 1. The number of aliphatic hydroxyl groups excluding tert-OH is 1. The van der Waals surface area contributed by atoms with Gasteiger partial charge in [0.25, 0.3) is 5.91 Å². The van der Waals surface area contributed by atoms with Crippen molar-refractivity contribution in [2.45, 2.75) is 52.4 Å². The Hall–Kier alpha value is -0.870. The first-order valence-electron chi connectivity index (χ1n) is 8.20. The minimum Gasteiger partial charge on any atom is -0.396 e. The number of rotatable bonds is 7. The van der Waals surface area contributed by atoms with E-state index in [1.54, 1.807) is 11.3 Å². The summed E-state index contributed by atoms with van der Waals surface area (Å²) in [7, 11) is 0. The first-order valence-corrected chi connectivity index (χ1v) is 9.01. The lowest BCUT2D eigenvalue weighted by molar-refractivity contribution is 0.0941. The van der Waals surface area contributed by atoms with Gasteiger partial charge in [0.05, 0.1) is 4.88 Å². The van der Waals surface area contributed by atoms with Crippen LogP contribution in [0.3, 0.4) is 0 Å². The molecule has 2 unspecified atom stereocenters. The van der Waals surface area contributed by atoms with E-state index in [0.29, 0.717) is 18.4 Å². The number of carbonyl (C=O) groups is 1. The van der Waals surface area contributed by atoms with E-state index in [-0.39, 0.29) is 12.5 Å². The van der Waals surface area contributed by atoms with E-state index in [4.69, 9.17) is 0 Å². The van der Waals surface area contributed by atoms with Gasteiger partial charge in [-0.25, -0.2) is 0 Å². The van der Waals surface area contributed by atoms with E-state index in [0.717, 1.165) is 37.0 Å². The fourth-order valence-corrected chi connectivity index (χ4v) is 4.52. The lowest BCUT2D eigenvalue weighted by Crippen LogP contribution is -2.31. The largest absolute Gasteiger partial charge is 0.396 e. The number of hydrogen-bond acceptors (Lipinski definition) is 3. The van der Waals surface area contributed by atoms with Crippen LogP contribution in [0.2, 0.25) is 0 Å². The summed E-state index contributed by atoms with van der Waals surface area (Å²) in [5, 5.41) is 12.4. The molecule has 1 heterocycles. The predicted molar refractivity (Wildman–Crippen MR) is 87.9 cm³/mol.